The van der Waals surface area contributed by atoms with Gasteiger partial charge in [0.05, 0.1) is 18.7 Å². The van der Waals surface area contributed by atoms with Gasteiger partial charge in [-0.15, -0.1) is 0 Å². The van der Waals surface area contributed by atoms with Crippen LogP contribution >= 0.6 is 11.8 Å². The number of thioether (sulfide) groups is 1. The SMILES string of the molecule is CN(CCC(=O)O)CC(=O)Nc1ccccc1SC(F)F. The minimum atomic E-state index is -2.57. The Balaban J connectivity index is 2.56. The van der Waals surface area contributed by atoms with Crippen LogP contribution in [0.3, 0.4) is 0 Å². The highest BCUT2D eigenvalue weighted by Gasteiger charge is 2.13. The fraction of sp³-hybridized carbons (Fsp3) is 0.385. The molecule has 0 aliphatic heterocycles. The third-order valence-electron chi connectivity index (χ3n) is 2.50. The molecule has 21 heavy (non-hydrogen) atoms. The molecule has 0 atom stereocenters. The van der Waals surface area contributed by atoms with Crippen molar-refractivity contribution in [3.8, 4) is 0 Å². The average molecular weight is 318 g/mol. The van der Waals surface area contributed by atoms with E-state index in [0.717, 1.165) is 0 Å². The molecule has 5 nitrogen and oxygen atoms in total. The summed E-state index contributed by atoms with van der Waals surface area (Å²) in [7, 11) is 1.61. The van der Waals surface area contributed by atoms with Crippen LogP contribution in [0.25, 0.3) is 0 Å². The van der Waals surface area contributed by atoms with Crippen LogP contribution in [0.5, 0.6) is 0 Å². The van der Waals surface area contributed by atoms with E-state index in [0.29, 0.717) is 17.4 Å². The molecule has 116 valence electrons. The van der Waals surface area contributed by atoms with E-state index in [-0.39, 0.29) is 30.3 Å². The lowest BCUT2D eigenvalue weighted by atomic mass is 10.3. The second kappa shape index (κ2) is 8.58. The lowest BCUT2D eigenvalue weighted by Crippen LogP contribution is -2.31. The number of likely N-dealkylation sites (N-methyl/N-ethyl adjacent to an activating group) is 1. The number of aliphatic carboxylic acids is 1. The van der Waals surface area contributed by atoms with Crippen LogP contribution in [-0.2, 0) is 9.59 Å². The van der Waals surface area contributed by atoms with Gasteiger partial charge >= 0.3 is 5.97 Å². The zero-order valence-corrected chi connectivity index (χ0v) is 12.2. The topological polar surface area (TPSA) is 69.6 Å². The third-order valence-corrected chi connectivity index (χ3v) is 3.29. The Kier molecular flexibility index (Phi) is 7.10. The number of carbonyl (C=O) groups is 2. The number of rotatable bonds is 8. The lowest BCUT2D eigenvalue weighted by Gasteiger charge is -2.16. The number of hydrogen-bond acceptors (Lipinski definition) is 4. The number of alkyl halides is 2. The molecule has 0 radical (unpaired) electrons. The molecule has 1 aromatic rings. The van der Waals surface area contributed by atoms with Crippen molar-refractivity contribution in [1.82, 2.24) is 4.90 Å². The second-order valence-electron chi connectivity index (χ2n) is 4.30. The predicted octanol–water partition coefficient (Wildman–Crippen LogP) is 2.35. The average Bonchev–Trinajstić information content (AvgIpc) is 2.38. The summed E-state index contributed by atoms with van der Waals surface area (Å²) in [6.07, 6.45) is -0.0679. The van der Waals surface area contributed by atoms with Crippen LogP contribution in [0.2, 0.25) is 0 Å². The zero-order valence-electron chi connectivity index (χ0n) is 11.4. The Morgan fingerprint density at radius 3 is 2.67 bits per heavy atom. The maximum Gasteiger partial charge on any atom is 0.304 e. The standard InChI is InChI=1S/C13H16F2N2O3S/c1-17(7-6-12(19)20)8-11(18)16-9-4-2-3-5-10(9)21-13(14)15/h2-5,13H,6-8H2,1H3,(H,16,18)(H,19,20). The Hall–Kier alpha value is -1.67. The number of benzene rings is 1. The van der Waals surface area contributed by atoms with Gasteiger partial charge in [-0.25, -0.2) is 0 Å². The van der Waals surface area contributed by atoms with Crippen molar-refractivity contribution in [2.24, 2.45) is 0 Å². The van der Waals surface area contributed by atoms with E-state index in [1.165, 1.54) is 6.07 Å². The molecule has 0 unspecified atom stereocenters. The van der Waals surface area contributed by atoms with Gasteiger partial charge in [0.25, 0.3) is 5.76 Å². The number of halogens is 2. The predicted molar refractivity (Wildman–Crippen MR) is 76.7 cm³/mol. The minimum absolute atomic E-state index is 0.0129. The van der Waals surface area contributed by atoms with E-state index in [2.05, 4.69) is 5.32 Å². The van der Waals surface area contributed by atoms with Crippen molar-refractivity contribution in [3.05, 3.63) is 24.3 Å². The molecule has 2 N–H and O–H groups in total. The van der Waals surface area contributed by atoms with Crippen LogP contribution < -0.4 is 5.32 Å². The highest BCUT2D eigenvalue weighted by Crippen LogP contribution is 2.31. The Morgan fingerprint density at radius 2 is 2.05 bits per heavy atom. The number of anilines is 1. The normalized spacial score (nSPS) is 10.9. The van der Waals surface area contributed by atoms with Crippen molar-refractivity contribution in [1.29, 1.82) is 0 Å². The molecular formula is C13H16F2N2O3S. The largest absolute Gasteiger partial charge is 0.481 e. The lowest BCUT2D eigenvalue weighted by molar-refractivity contribution is -0.137. The van der Waals surface area contributed by atoms with Gasteiger partial charge in [-0.3, -0.25) is 14.5 Å². The van der Waals surface area contributed by atoms with Gasteiger partial charge in [0.1, 0.15) is 0 Å². The first kappa shape index (κ1) is 17.4. The van der Waals surface area contributed by atoms with Crippen LogP contribution in [0.15, 0.2) is 29.2 Å². The van der Waals surface area contributed by atoms with Gasteiger partial charge in [0, 0.05) is 11.4 Å². The van der Waals surface area contributed by atoms with Gasteiger partial charge in [0.15, 0.2) is 0 Å². The smallest absolute Gasteiger partial charge is 0.304 e. The molecule has 0 aliphatic carbocycles. The minimum Gasteiger partial charge on any atom is -0.481 e. The molecule has 0 saturated heterocycles. The van der Waals surface area contributed by atoms with Gasteiger partial charge in [-0.05, 0) is 19.2 Å². The van der Waals surface area contributed by atoms with Gasteiger partial charge < -0.3 is 10.4 Å². The van der Waals surface area contributed by atoms with Crippen molar-refractivity contribution in [2.45, 2.75) is 17.1 Å². The molecule has 0 spiro atoms. The van der Waals surface area contributed by atoms with E-state index in [4.69, 9.17) is 5.11 Å². The monoisotopic (exact) mass is 318 g/mol. The summed E-state index contributed by atoms with van der Waals surface area (Å²) in [5.74, 6) is -3.90. The molecule has 1 amide bonds. The first-order valence-electron chi connectivity index (χ1n) is 6.12. The number of carboxylic acid groups (broad SMARTS) is 1. The first-order chi connectivity index (χ1) is 9.88. The van der Waals surface area contributed by atoms with Crippen molar-refractivity contribution >= 4 is 29.3 Å². The van der Waals surface area contributed by atoms with E-state index in [1.54, 1.807) is 30.1 Å². The van der Waals surface area contributed by atoms with Gasteiger partial charge in [-0.2, -0.15) is 8.78 Å². The van der Waals surface area contributed by atoms with E-state index < -0.39 is 11.7 Å². The summed E-state index contributed by atoms with van der Waals surface area (Å²) in [5, 5.41) is 11.1. The third kappa shape index (κ3) is 7.05. The number of hydrogen-bond donors (Lipinski definition) is 2. The van der Waals surface area contributed by atoms with Crippen LogP contribution in [0.1, 0.15) is 6.42 Å². The first-order valence-corrected chi connectivity index (χ1v) is 7.00. The molecule has 0 heterocycles. The molecular weight excluding hydrogens is 302 g/mol. The number of carbonyl (C=O) groups excluding carboxylic acids is 1. The quantitative estimate of drug-likeness (QED) is 0.720. The fourth-order valence-electron chi connectivity index (χ4n) is 1.57. The molecule has 1 rings (SSSR count). The maximum absolute atomic E-state index is 12.4. The van der Waals surface area contributed by atoms with Crippen molar-refractivity contribution < 1.29 is 23.5 Å². The molecule has 0 saturated carbocycles. The second-order valence-corrected chi connectivity index (χ2v) is 5.34. The van der Waals surface area contributed by atoms with Crippen LogP contribution in [0, 0.1) is 0 Å². The Morgan fingerprint density at radius 1 is 1.38 bits per heavy atom. The molecule has 0 aliphatic rings. The highest BCUT2D eigenvalue weighted by atomic mass is 32.2. The maximum atomic E-state index is 12.4. The molecule has 1 aromatic carbocycles. The summed E-state index contributed by atoms with van der Waals surface area (Å²) in [4.78, 5) is 24.1. The number of nitrogens with one attached hydrogen (secondary N) is 1. The number of carboxylic acids is 1. The Labute approximate surface area is 125 Å². The number of amides is 1. The fourth-order valence-corrected chi connectivity index (χ4v) is 2.16. The summed E-state index contributed by atoms with van der Waals surface area (Å²) in [6.45, 7) is 0.219. The van der Waals surface area contributed by atoms with Crippen molar-refractivity contribution in [3.63, 3.8) is 0 Å². The molecule has 0 fully saturated rings. The molecule has 8 heteroatoms. The zero-order chi connectivity index (χ0) is 15.8. The molecule has 0 aromatic heterocycles. The van der Waals surface area contributed by atoms with E-state index in [9.17, 15) is 18.4 Å². The summed E-state index contributed by atoms with van der Waals surface area (Å²) in [5.41, 5.74) is 0.319. The van der Waals surface area contributed by atoms with Gasteiger partial charge in [-0.1, -0.05) is 23.9 Å². The summed E-state index contributed by atoms with van der Waals surface area (Å²) in [6, 6.07) is 6.29. The highest BCUT2D eigenvalue weighted by molar-refractivity contribution is 7.99. The van der Waals surface area contributed by atoms with E-state index >= 15 is 0 Å². The van der Waals surface area contributed by atoms with E-state index in [1.807, 2.05) is 0 Å². The van der Waals surface area contributed by atoms with Crippen LogP contribution in [-0.4, -0.2) is 47.8 Å². The van der Waals surface area contributed by atoms with Crippen molar-refractivity contribution in [2.75, 3.05) is 25.5 Å². The number of nitrogens with zero attached hydrogens (tertiary/aromatic N) is 1. The number of para-hydroxylation sites is 1. The summed E-state index contributed by atoms with van der Waals surface area (Å²) < 4.78 is 24.8. The summed E-state index contributed by atoms with van der Waals surface area (Å²) >= 11 is 0.361. The Bertz CT molecular complexity index is 500. The van der Waals surface area contributed by atoms with Gasteiger partial charge in [0.2, 0.25) is 5.91 Å². The van der Waals surface area contributed by atoms with Crippen LogP contribution in [0.4, 0.5) is 14.5 Å². The molecule has 0 bridgehead atoms.